The molecule has 4 nitrogen and oxygen atoms in total. The predicted octanol–water partition coefficient (Wildman–Crippen LogP) is 2.91. The lowest BCUT2D eigenvalue weighted by Crippen LogP contribution is -2.24. The maximum atomic E-state index is 6.13. The van der Waals surface area contributed by atoms with Crippen molar-refractivity contribution < 1.29 is 4.74 Å². The van der Waals surface area contributed by atoms with E-state index in [0.717, 1.165) is 37.1 Å². The van der Waals surface area contributed by atoms with Crippen LogP contribution < -0.4 is 5.73 Å². The van der Waals surface area contributed by atoms with Crippen LogP contribution in [-0.4, -0.2) is 22.8 Å². The summed E-state index contributed by atoms with van der Waals surface area (Å²) in [4.78, 5) is 4.50. The lowest BCUT2D eigenvalue weighted by Gasteiger charge is -2.29. The molecule has 2 aromatic rings. The first-order chi connectivity index (χ1) is 9.16. The monoisotopic (exact) mass is 259 g/mol. The number of hydrogen-bond acceptors (Lipinski definition) is 3. The Kier molecular flexibility index (Phi) is 3.19. The van der Waals surface area contributed by atoms with E-state index < -0.39 is 0 Å². The molecule has 0 spiro atoms. The quantitative estimate of drug-likeness (QED) is 0.902. The van der Waals surface area contributed by atoms with E-state index in [0.29, 0.717) is 17.9 Å². The maximum absolute atomic E-state index is 6.13. The minimum atomic E-state index is 0.372. The van der Waals surface area contributed by atoms with Crippen LogP contribution in [0.4, 0.5) is 5.95 Å². The fraction of sp³-hybridized carbons (Fsp3) is 0.533. The highest BCUT2D eigenvalue weighted by Crippen LogP contribution is 2.32. The maximum Gasteiger partial charge on any atom is 0.201 e. The third-order valence-corrected chi connectivity index (χ3v) is 4.23. The van der Waals surface area contributed by atoms with Crippen molar-refractivity contribution in [1.82, 2.24) is 9.55 Å². The summed E-state index contributed by atoms with van der Waals surface area (Å²) < 4.78 is 7.63. The Balaban J connectivity index is 2.01. The van der Waals surface area contributed by atoms with E-state index >= 15 is 0 Å². The minimum absolute atomic E-state index is 0.372. The van der Waals surface area contributed by atoms with E-state index in [2.05, 4.69) is 41.6 Å². The molecule has 1 aromatic heterocycles. The number of fused-ring (bicyclic) bond motifs is 1. The van der Waals surface area contributed by atoms with Gasteiger partial charge in [0.05, 0.1) is 11.0 Å². The highest BCUT2D eigenvalue weighted by molar-refractivity contribution is 5.79. The van der Waals surface area contributed by atoms with Gasteiger partial charge >= 0.3 is 0 Å². The van der Waals surface area contributed by atoms with E-state index in [-0.39, 0.29) is 0 Å². The van der Waals surface area contributed by atoms with Gasteiger partial charge in [0.2, 0.25) is 5.95 Å². The van der Waals surface area contributed by atoms with Gasteiger partial charge in [-0.25, -0.2) is 4.98 Å². The lowest BCUT2D eigenvalue weighted by molar-refractivity contribution is 0.0521. The van der Waals surface area contributed by atoms with E-state index in [4.69, 9.17) is 10.5 Å². The van der Waals surface area contributed by atoms with Gasteiger partial charge in [-0.1, -0.05) is 6.07 Å². The number of imidazole rings is 1. The van der Waals surface area contributed by atoms with Crippen LogP contribution in [0.15, 0.2) is 18.2 Å². The standard InChI is InChI=1S/C15H21N3O/c1-10-3-4-14-13(9-10)17-15(16)18(14)11(2)12-5-7-19-8-6-12/h3-4,9,11-12H,5-8H2,1-2H3,(H2,16,17). The summed E-state index contributed by atoms with van der Waals surface area (Å²) in [6.07, 6.45) is 2.21. The average Bonchev–Trinajstić information content (AvgIpc) is 2.74. The zero-order chi connectivity index (χ0) is 13.4. The van der Waals surface area contributed by atoms with Crippen LogP contribution in [0.25, 0.3) is 11.0 Å². The smallest absolute Gasteiger partial charge is 0.201 e. The van der Waals surface area contributed by atoms with Gasteiger partial charge < -0.3 is 15.0 Å². The zero-order valence-corrected chi connectivity index (χ0v) is 11.6. The molecule has 1 atom stereocenters. The fourth-order valence-electron chi connectivity index (χ4n) is 3.06. The van der Waals surface area contributed by atoms with Gasteiger partial charge in [0.25, 0.3) is 0 Å². The molecule has 3 rings (SSSR count). The van der Waals surface area contributed by atoms with Crippen molar-refractivity contribution >= 4 is 17.0 Å². The van der Waals surface area contributed by atoms with Crippen LogP contribution in [0.1, 0.15) is 31.4 Å². The summed E-state index contributed by atoms with van der Waals surface area (Å²) in [6, 6.07) is 6.72. The molecule has 2 N–H and O–H groups in total. The second kappa shape index (κ2) is 4.85. The van der Waals surface area contributed by atoms with E-state index in [1.54, 1.807) is 0 Å². The molecule has 4 heteroatoms. The topological polar surface area (TPSA) is 53.1 Å². The molecule has 1 aliphatic heterocycles. The van der Waals surface area contributed by atoms with Crippen LogP contribution in [-0.2, 0) is 4.74 Å². The summed E-state index contributed by atoms with van der Waals surface area (Å²) in [6.45, 7) is 6.05. The summed E-state index contributed by atoms with van der Waals surface area (Å²) >= 11 is 0. The molecule has 1 unspecified atom stereocenters. The molecule has 1 fully saturated rings. The average molecular weight is 259 g/mol. The first-order valence-electron chi connectivity index (χ1n) is 6.98. The number of benzene rings is 1. The van der Waals surface area contributed by atoms with Crippen LogP contribution in [0, 0.1) is 12.8 Å². The third-order valence-electron chi connectivity index (χ3n) is 4.23. The number of hydrogen-bond donors (Lipinski definition) is 1. The summed E-state index contributed by atoms with van der Waals surface area (Å²) in [7, 11) is 0. The highest BCUT2D eigenvalue weighted by Gasteiger charge is 2.24. The van der Waals surface area contributed by atoms with Crippen LogP contribution in [0.3, 0.4) is 0 Å². The Hall–Kier alpha value is -1.55. The molecule has 0 radical (unpaired) electrons. The third kappa shape index (κ3) is 2.21. The number of rotatable bonds is 2. The Morgan fingerprint density at radius 3 is 2.84 bits per heavy atom. The number of nitrogen functional groups attached to an aromatic ring is 1. The molecule has 19 heavy (non-hydrogen) atoms. The normalized spacial score (nSPS) is 18.8. The van der Waals surface area contributed by atoms with Crippen molar-refractivity contribution in [2.24, 2.45) is 5.92 Å². The van der Waals surface area contributed by atoms with Gasteiger partial charge in [-0.05, 0) is 50.3 Å². The van der Waals surface area contributed by atoms with Crippen LogP contribution >= 0.6 is 0 Å². The second-order valence-electron chi connectivity index (χ2n) is 5.52. The lowest BCUT2D eigenvalue weighted by atomic mass is 9.92. The van der Waals surface area contributed by atoms with Gasteiger partial charge in [-0.3, -0.25) is 0 Å². The van der Waals surface area contributed by atoms with Crippen LogP contribution in [0.2, 0.25) is 0 Å². The zero-order valence-electron chi connectivity index (χ0n) is 11.6. The SMILES string of the molecule is Cc1ccc2c(c1)nc(N)n2C(C)C1CCOCC1. The number of anilines is 1. The summed E-state index contributed by atoms with van der Waals surface area (Å²) in [5.74, 6) is 1.24. The molecular formula is C15H21N3O. The molecule has 1 aromatic carbocycles. The van der Waals surface area contributed by atoms with Gasteiger partial charge in [0, 0.05) is 19.3 Å². The molecule has 2 heterocycles. The summed E-state index contributed by atoms with van der Waals surface area (Å²) in [5, 5.41) is 0. The molecular weight excluding hydrogens is 238 g/mol. The first-order valence-corrected chi connectivity index (χ1v) is 6.98. The second-order valence-corrected chi connectivity index (χ2v) is 5.52. The molecule has 0 amide bonds. The minimum Gasteiger partial charge on any atom is -0.381 e. The molecule has 102 valence electrons. The van der Waals surface area contributed by atoms with Gasteiger partial charge in [-0.15, -0.1) is 0 Å². The van der Waals surface area contributed by atoms with E-state index in [1.807, 2.05) is 0 Å². The number of aromatic nitrogens is 2. The van der Waals surface area contributed by atoms with Crippen LogP contribution in [0.5, 0.6) is 0 Å². The van der Waals surface area contributed by atoms with Crippen molar-refractivity contribution in [3.63, 3.8) is 0 Å². The molecule has 0 saturated carbocycles. The fourth-order valence-corrected chi connectivity index (χ4v) is 3.06. The van der Waals surface area contributed by atoms with Crippen molar-refractivity contribution in [3.05, 3.63) is 23.8 Å². The molecule has 1 saturated heterocycles. The summed E-state index contributed by atoms with van der Waals surface area (Å²) in [5.41, 5.74) is 9.49. The van der Waals surface area contributed by atoms with Crippen molar-refractivity contribution in [1.29, 1.82) is 0 Å². The van der Waals surface area contributed by atoms with Gasteiger partial charge in [-0.2, -0.15) is 0 Å². The van der Waals surface area contributed by atoms with Gasteiger partial charge in [0.15, 0.2) is 0 Å². The molecule has 1 aliphatic rings. The van der Waals surface area contributed by atoms with E-state index in [9.17, 15) is 0 Å². The van der Waals surface area contributed by atoms with Crippen molar-refractivity contribution in [2.45, 2.75) is 32.7 Å². The largest absolute Gasteiger partial charge is 0.381 e. The number of nitrogens with two attached hydrogens (primary N) is 1. The Morgan fingerprint density at radius 2 is 2.11 bits per heavy atom. The number of aryl methyl sites for hydroxylation is 1. The van der Waals surface area contributed by atoms with Crippen molar-refractivity contribution in [3.8, 4) is 0 Å². The van der Waals surface area contributed by atoms with E-state index in [1.165, 1.54) is 5.56 Å². The van der Waals surface area contributed by atoms with Gasteiger partial charge in [0.1, 0.15) is 0 Å². The first kappa shape index (κ1) is 12.5. The predicted molar refractivity (Wildman–Crippen MR) is 77.1 cm³/mol. The van der Waals surface area contributed by atoms with Crippen molar-refractivity contribution in [2.75, 3.05) is 18.9 Å². The Bertz CT molecular complexity index is 584. The Labute approximate surface area is 113 Å². The number of ether oxygens (including phenoxy) is 1. The highest BCUT2D eigenvalue weighted by atomic mass is 16.5. The Morgan fingerprint density at radius 1 is 1.37 bits per heavy atom. The molecule has 0 aliphatic carbocycles. The number of nitrogens with zero attached hydrogens (tertiary/aromatic N) is 2. The molecule has 0 bridgehead atoms.